The largest absolute Gasteiger partial charge is 0.508 e. The third kappa shape index (κ3) is 5.40. The number of aliphatic hydroxyl groups is 3. The van der Waals surface area contributed by atoms with Gasteiger partial charge in [-0.05, 0) is 51.4 Å². The van der Waals surface area contributed by atoms with Crippen molar-refractivity contribution in [2.45, 2.75) is 29.9 Å². The number of aliphatic hydroxyl groups excluding tert-OH is 3. The molecule has 0 amide bonds. The zero-order valence-corrected chi connectivity index (χ0v) is 18.5. The molecule has 3 unspecified atom stereocenters. The highest BCUT2D eigenvalue weighted by Crippen LogP contribution is 2.36. The molecule has 0 saturated carbocycles. The smallest absolute Gasteiger partial charge is 0.214 e. The first-order valence-corrected chi connectivity index (χ1v) is 11.4. The standard InChI is InChI=1S/C24H24N4O4S/c29-14-16-6-8-18(9-7-16)23(32)22(17-4-2-1-3-5-17)21(31)15-33-24-25-26-27-28(24)19-10-12-20(30)13-11-19/h1-13,21-23,29-32H,14-15H2. The molecule has 0 aliphatic rings. The van der Waals surface area contributed by atoms with Crippen LogP contribution in [0.3, 0.4) is 0 Å². The summed E-state index contributed by atoms with van der Waals surface area (Å²) in [4.78, 5) is 0. The first-order valence-electron chi connectivity index (χ1n) is 10.4. The zero-order valence-electron chi connectivity index (χ0n) is 17.6. The lowest BCUT2D eigenvalue weighted by Crippen LogP contribution is -2.27. The third-order valence-corrected chi connectivity index (χ3v) is 6.38. The molecule has 33 heavy (non-hydrogen) atoms. The van der Waals surface area contributed by atoms with Gasteiger partial charge in [-0.2, -0.15) is 4.68 Å². The van der Waals surface area contributed by atoms with Crippen LogP contribution in [0.5, 0.6) is 5.75 Å². The second-order valence-electron chi connectivity index (χ2n) is 7.55. The molecule has 1 aromatic heterocycles. The van der Waals surface area contributed by atoms with Gasteiger partial charge < -0.3 is 20.4 Å². The van der Waals surface area contributed by atoms with Crippen molar-refractivity contribution >= 4 is 11.8 Å². The van der Waals surface area contributed by atoms with E-state index in [-0.39, 0.29) is 18.1 Å². The lowest BCUT2D eigenvalue weighted by molar-refractivity contribution is 0.0641. The highest BCUT2D eigenvalue weighted by atomic mass is 32.2. The normalized spacial score (nSPS) is 14.0. The van der Waals surface area contributed by atoms with Gasteiger partial charge in [-0.15, -0.1) is 5.10 Å². The number of aromatic nitrogens is 4. The fourth-order valence-corrected chi connectivity index (χ4v) is 4.49. The Labute approximate surface area is 195 Å². The molecule has 0 bridgehead atoms. The molecule has 0 aliphatic heterocycles. The quantitative estimate of drug-likeness (QED) is 0.279. The van der Waals surface area contributed by atoms with Crippen molar-refractivity contribution in [2.24, 2.45) is 0 Å². The Bertz CT molecular complexity index is 1150. The van der Waals surface area contributed by atoms with Gasteiger partial charge in [0.1, 0.15) is 5.75 Å². The predicted molar refractivity (Wildman–Crippen MR) is 124 cm³/mol. The summed E-state index contributed by atoms with van der Waals surface area (Å²) in [6, 6.07) is 22.9. The van der Waals surface area contributed by atoms with E-state index >= 15 is 0 Å². The van der Waals surface area contributed by atoms with Gasteiger partial charge >= 0.3 is 0 Å². The van der Waals surface area contributed by atoms with Gasteiger partial charge in [-0.25, -0.2) is 0 Å². The minimum absolute atomic E-state index is 0.0759. The molecule has 4 aromatic rings. The van der Waals surface area contributed by atoms with E-state index in [2.05, 4.69) is 15.5 Å². The minimum atomic E-state index is -0.955. The lowest BCUT2D eigenvalue weighted by atomic mass is 9.85. The molecule has 9 heteroatoms. The van der Waals surface area contributed by atoms with Gasteiger partial charge in [-0.3, -0.25) is 0 Å². The molecule has 4 rings (SSSR count). The highest BCUT2D eigenvalue weighted by Gasteiger charge is 2.30. The van der Waals surface area contributed by atoms with Crippen LogP contribution in [0.15, 0.2) is 84.0 Å². The van der Waals surface area contributed by atoms with Crippen molar-refractivity contribution in [3.8, 4) is 11.4 Å². The Kier molecular flexibility index (Phi) is 7.36. The van der Waals surface area contributed by atoms with Crippen LogP contribution >= 0.6 is 11.8 Å². The Hall–Kier alpha value is -3.24. The summed E-state index contributed by atoms with van der Waals surface area (Å²) in [7, 11) is 0. The maximum Gasteiger partial charge on any atom is 0.214 e. The fraction of sp³-hybridized carbons (Fsp3) is 0.208. The average molecular weight is 465 g/mol. The van der Waals surface area contributed by atoms with Crippen molar-refractivity contribution in [1.29, 1.82) is 0 Å². The SMILES string of the molecule is OCc1ccc(C(O)C(c2ccccc2)C(O)CSc2nnnn2-c2ccc(O)cc2)cc1. The number of thioether (sulfide) groups is 1. The van der Waals surface area contributed by atoms with E-state index in [4.69, 9.17) is 0 Å². The molecule has 0 spiro atoms. The van der Waals surface area contributed by atoms with Crippen LogP contribution in [0.2, 0.25) is 0 Å². The molecule has 3 atom stereocenters. The number of hydrogen-bond acceptors (Lipinski definition) is 8. The number of phenolic OH excluding ortho intramolecular Hbond substituents is 1. The second-order valence-corrected chi connectivity index (χ2v) is 8.54. The molecule has 0 aliphatic carbocycles. The molecular weight excluding hydrogens is 440 g/mol. The molecule has 3 aromatic carbocycles. The van der Waals surface area contributed by atoms with E-state index in [1.165, 1.54) is 16.4 Å². The van der Waals surface area contributed by atoms with Crippen molar-refractivity contribution in [2.75, 3.05) is 5.75 Å². The van der Waals surface area contributed by atoms with E-state index in [9.17, 15) is 20.4 Å². The monoisotopic (exact) mass is 464 g/mol. The van der Waals surface area contributed by atoms with E-state index in [0.717, 1.165) is 11.1 Å². The Morgan fingerprint density at radius 2 is 1.55 bits per heavy atom. The van der Waals surface area contributed by atoms with Crippen LogP contribution < -0.4 is 0 Å². The molecule has 4 N–H and O–H groups in total. The molecule has 0 saturated heterocycles. The van der Waals surface area contributed by atoms with Gasteiger partial charge in [0, 0.05) is 11.7 Å². The Balaban J connectivity index is 1.55. The summed E-state index contributed by atoms with van der Waals surface area (Å²) >= 11 is 1.27. The maximum atomic E-state index is 11.2. The number of nitrogens with zero attached hydrogens (tertiary/aromatic N) is 4. The highest BCUT2D eigenvalue weighted by molar-refractivity contribution is 7.99. The molecule has 1 heterocycles. The maximum absolute atomic E-state index is 11.2. The summed E-state index contributed by atoms with van der Waals surface area (Å²) in [6.07, 6.45) is -1.86. The van der Waals surface area contributed by atoms with Crippen LogP contribution in [0.25, 0.3) is 5.69 Å². The summed E-state index contributed by atoms with van der Waals surface area (Å²) in [6.45, 7) is -0.0759. The first kappa shape index (κ1) is 22.9. The van der Waals surface area contributed by atoms with Crippen LogP contribution in [-0.2, 0) is 6.61 Å². The minimum Gasteiger partial charge on any atom is -0.508 e. The number of hydrogen-bond donors (Lipinski definition) is 4. The fourth-order valence-electron chi connectivity index (χ4n) is 3.61. The first-order chi connectivity index (χ1) is 16.1. The van der Waals surface area contributed by atoms with Gasteiger partial charge in [0.05, 0.1) is 24.5 Å². The van der Waals surface area contributed by atoms with Gasteiger partial charge in [0.25, 0.3) is 0 Å². The number of phenols is 1. The second kappa shape index (κ2) is 10.6. The average Bonchev–Trinajstić information content (AvgIpc) is 3.32. The van der Waals surface area contributed by atoms with Gasteiger partial charge in [0.2, 0.25) is 5.16 Å². The summed E-state index contributed by atoms with van der Waals surface area (Å²) in [5.74, 6) is -0.205. The molecular formula is C24H24N4O4S. The van der Waals surface area contributed by atoms with Crippen LogP contribution in [0, 0.1) is 0 Å². The molecule has 8 nitrogen and oxygen atoms in total. The topological polar surface area (TPSA) is 125 Å². The van der Waals surface area contributed by atoms with E-state index < -0.39 is 18.1 Å². The van der Waals surface area contributed by atoms with Crippen molar-refractivity contribution in [3.63, 3.8) is 0 Å². The van der Waals surface area contributed by atoms with Crippen LogP contribution in [0.1, 0.15) is 28.7 Å². The summed E-state index contributed by atoms with van der Waals surface area (Å²) in [5, 5.41) is 53.4. The van der Waals surface area contributed by atoms with Crippen molar-refractivity contribution in [3.05, 3.63) is 95.6 Å². The van der Waals surface area contributed by atoms with Gasteiger partial charge in [-0.1, -0.05) is 66.4 Å². The number of benzene rings is 3. The third-order valence-electron chi connectivity index (χ3n) is 5.36. The summed E-state index contributed by atoms with van der Waals surface area (Å²) < 4.78 is 1.53. The van der Waals surface area contributed by atoms with Crippen LogP contribution in [-0.4, -0.2) is 52.5 Å². The molecule has 170 valence electrons. The predicted octanol–water partition coefficient (Wildman–Crippen LogP) is 2.83. The number of tetrazole rings is 1. The Morgan fingerprint density at radius 1 is 0.848 bits per heavy atom. The summed E-state index contributed by atoms with van der Waals surface area (Å²) in [5.41, 5.74) is 2.89. The van der Waals surface area contributed by atoms with Gasteiger partial charge in [0.15, 0.2) is 0 Å². The zero-order chi connectivity index (χ0) is 23.2. The van der Waals surface area contributed by atoms with Crippen molar-refractivity contribution in [1.82, 2.24) is 20.2 Å². The molecule has 0 radical (unpaired) electrons. The van der Waals surface area contributed by atoms with E-state index in [0.29, 0.717) is 16.4 Å². The lowest BCUT2D eigenvalue weighted by Gasteiger charge is -2.28. The van der Waals surface area contributed by atoms with E-state index in [1.54, 1.807) is 48.5 Å². The number of aromatic hydroxyl groups is 1. The van der Waals surface area contributed by atoms with Crippen molar-refractivity contribution < 1.29 is 20.4 Å². The van der Waals surface area contributed by atoms with Crippen LogP contribution in [0.4, 0.5) is 0 Å². The Morgan fingerprint density at radius 3 is 2.21 bits per heavy atom. The van der Waals surface area contributed by atoms with E-state index in [1.807, 2.05) is 30.3 Å². The number of rotatable bonds is 9. The molecule has 0 fully saturated rings.